The minimum atomic E-state index is -0.964. The summed E-state index contributed by atoms with van der Waals surface area (Å²) in [6.45, 7) is 4.78. The first-order chi connectivity index (χ1) is 16.8. The number of carboxylic acid groups (broad SMARTS) is 1. The summed E-state index contributed by atoms with van der Waals surface area (Å²) in [7, 11) is 0. The van der Waals surface area contributed by atoms with Crippen LogP contribution in [0.15, 0.2) is 48.5 Å². The van der Waals surface area contributed by atoms with Gasteiger partial charge >= 0.3 is 12.1 Å². The summed E-state index contributed by atoms with van der Waals surface area (Å²) in [6, 6.07) is 15.6. The molecule has 2 aliphatic carbocycles. The van der Waals surface area contributed by atoms with E-state index in [9.17, 15) is 19.5 Å². The van der Waals surface area contributed by atoms with Gasteiger partial charge in [0.15, 0.2) is 0 Å². The van der Waals surface area contributed by atoms with Crippen molar-refractivity contribution in [1.82, 2.24) is 10.2 Å². The number of nitrogens with one attached hydrogen (secondary N) is 1. The van der Waals surface area contributed by atoms with E-state index in [1.165, 1.54) is 16.0 Å². The Labute approximate surface area is 205 Å². The third-order valence-corrected chi connectivity index (χ3v) is 7.76. The monoisotopic (exact) mass is 476 g/mol. The smallest absolute Gasteiger partial charge is 0.407 e. The fourth-order valence-electron chi connectivity index (χ4n) is 5.80. The van der Waals surface area contributed by atoms with Crippen molar-refractivity contribution in [2.45, 2.75) is 45.1 Å². The molecule has 0 spiro atoms. The van der Waals surface area contributed by atoms with Crippen LogP contribution >= 0.6 is 0 Å². The number of rotatable bonds is 8. The molecule has 2 unspecified atom stereocenters. The van der Waals surface area contributed by atoms with Gasteiger partial charge in [0.1, 0.15) is 12.6 Å². The van der Waals surface area contributed by atoms with Crippen LogP contribution in [0.2, 0.25) is 0 Å². The van der Waals surface area contributed by atoms with Gasteiger partial charge in [-0.25, -0.2) is 9.59 Å². The third-order valence-electron chi connectivity index (χ3n) is 7.76. The third kappa shape index (κ3) is 4.51. The number of aliphatic carboxylic acids is 1. The van der Waals surface area contributed by atoms with Gasteiger partial charge in [0.05, 0.1) is 0 Å². The van der Waals surface area contributed by atoms with Gasteiger partial charge < -0.3 is 20.1 Å². The van der Waals surface area contributed by atoms with Gasteiger partial charge in [0.25, 0.3) is 0 Å². The average molecular weight is 477 g/mol. The van der Waals surface area contributed by atoms with E-state index >= 15 is 0 Å². The highest BCUT2D eigenvalue weighted by Crippen LogP contribution is 2.45. The van der Waals surface area contributed by atoms with Crippen molar-refractivity contribution in [1.29, 1.82) is 0 Å². The van der Waals surface area contributed by atoms with Crippen LogP contribution in [0.25, 0.3) is 11.1 Å². The first kappa shape index (κ1) is 23.4. The Bertz CT molecular complexity index is 1110. The molecule has 0 bridgehead atoms. The van der Waals surface area contributed by atoms with Crippen LogP contribution in [-0.2, 0) is 14.3 Å². The molecule has 2 fully saturated rings. The summed E-state index contributed by atoms with van der Waals surface area (Å²) in [5.74, 6) is -0.750. The molecule has 2 aromatic carbocycles. The number of nitrogens with zero attached hydrogens (tertiary/aromatic N) is 1. The summed E-state index contributed by atoms with van der Waals surface area (Å²) >= 11 is 0. The van der Waals surface area contributed by atoms with Crippen molar-refractivity contribution in [2.75, 3.05) is 19.7 Å². The highest BCUT2D eigenvalue weighted by atomic mass is 16.5. The van der Waals surface area contributed by atoms with Crippen molar-refractivity contribution in [3.05, 3.63) is 59.7 Å². The van der Waals surface area contributed by atoms with E-state index in [4.69, 9.17) is 4.74 Å². The van der Waals surface area contributed by atoms with E-state index in [2.05, 4.69) is 29.6 Å². The van der Waals surface area contributed by atoms with E-state index in [0.29, 0.717) is 19.0 Å². The standard InChI is InChI=1S/C28H32N2O5/c1-28(2)16-30(25(28)26(32)33)24(31)13-18(17-11-12-17)14-29-27(34)35-15-23-21-9-5-3-7-19(21)20-8-4-6-10-22(20)23/h3-10,17-18,23,25H,11-16H2,1-2H3,(H,29,34)(H,32,33). The number of alkyl carbamates (subject to hydrolysis) is 1. The van der Waals surface area contributed by atoms with Gasteiger partial charge in [0, 0.05) is 30.8 Å². The number of fused-ring (bicyclic) bond motifs is 3. The Hall–Kier alpha value is -3.35. The van der Waals surface area contributed by atoms with Gasteiger partial charge in [0.2, 0.25) is 5.91 Å². The molecule has 35 heavy (non-hydrogen) atoms. The molecule has 2 N–H and O–H groups in total. The minimum Gasteiger partial charge on any atom is -0.480 e. The van der Waals surface area contributed by atoms with Crippen molar-refractivity contribution in [3.63, 3.8) is 0 Å². The van der Waals surface area contributed by atoms with Gasteiger partial charge in [-0.05, 0) is 46.9 Å². The molecule has 7 nitrogen and oxygen atoms in total. The zero-order valence-corrected chi connectivity index (χ0v) is 20.2. The van der Waals surface area contributed by atoms with Crippen molar-refractivity contribution in [2.24, 2.45) is 17.3 Å². The predicted octanol–water partition coefficient (Wildman–Crippen LogP) is 4.26. The number of carboxylic acids is 1. The van der Waals surface area contributed by atoms with E-state index in [1.807, 2.05) is 38.1 Å². The molecule has 2 atom stereocenters. The zero-order chi connectivity index (χ0) is 24.7. The number of hydrogen-bond acceptors (Lipinski definition) is 4. The predicted molar refractivity (Wildman–Crippen MR) is 131 cm³/mol. The van der Waals surface area contributed by atoms with E-state index < -0.39 is 23.5 Å². The first-order valence-corrected chi connectivity index (χ1v) is 12.4. The lowest BCUT2D eigenvalue weighted by molar-refractivity contribution is -0.172. The van der Waals surface area contributed by atoms with E-state index in [1.54, 1.807) is 0 Å². The SMILES string of the molecule is CC1(C)CN(C(=O)CC(CNC(=O)OCC2c3ccccc3-c3ccccc32)C2CC2)C1C(=O)O. The van der Waals surface area contributed by atoms with Crippen LogP contribution < -0.4 is 5.32 Å². The van der Waals surface area contributed by atoms with Gasteiger partial charge in [-0.15, -0.1) is 0 Å². The Kier molecular flexibility index (Phi) is 6.03. The number of likely N-dealkylation sites (tertiary alicyclic amines) is 1. The van der Waals surface area contributed by atoms with Crippen LogP contribution in [0.1, 0.15) is 50.2 Å². The van der Waals surface area contributed by atoms with Crippen molar-refractivity contribution in [3.8, 4) is 11.1 Å². The zero-order valence-electron chi connectivity index (χ0n) is 20.2. The summed E-state index contributed by atoms with van der Waals surface area (Å²) < 4.78 is 5.63. The largest absolute Gasteiger partial charge is 0.480 e. The molecule has 1 saturated heterocycles. The lowest BCUT2D eigenvalue weighted by Gasteiger charge is -2.52. The first-order valence-electron chi connectivity index (χ1n) is 12.4. The Morgan fingerprint density at radius 2 is 1.66 bits per heavy atom. The number of carbonyl (C=O) groups is 3. The number of amides is 2. The second-order valence-electron chi connectivity index (χ2n) is 10.8. The van der Waals surface area contributed by atoms with Crippen LogP contribution in [0.5, 0.6) is 0 Å². The molecule has 2 aromatic rings. The summed E-state index contributed by atoms with van der Waals surface area (Å²) in [6.07, 6.45) is 1.81. The molecule has 0 aromatic heterocycles. The lowest BCUT2D eigenvalue weighted by atomic mass is 9.74. The second kappa shape index (κ2) is 9.02. The molecule has 1 saturated carbocycles. The minimum absolute atomic E-state index is 0.00307. The number of benzene rings is 2. The maximum Gasteiger partial charge on any atom is 0.407 e. The fourth-order valence-corrected chi connectivity index (χ4v) is 5.80. The maximum atomic E-state index is 12.9. The summed E-state index contributed by atoms with van der Waals surface area (Å²) in [4.78, 5) is 38.5. The molecule has 5 rings (SSSR count). The highest BCUT2D eigenvalue weighted by Gasteiger charge is 2.52. The number of carbonyl (C=O) groups excluding carboxylic acids is 2. The molecule has 1 aliphatic heterocycles. The molecule has 1 heterocycles. The quantitative estimate of drug-likeness (QED) is 0.593. The molecule has 7 heteroatoms. The van der Waals surface area contributed by atoms with Crippen molar-refractivity contribution < 1.29 is 24.2 Å². The average Bonchev–Trinajstić information content (AvgIpc) is 3.61. The molecular formula is C28H32N2O5. The van der Waals surface area contributed by atoms with Gasteiger partial charge in [-0.2, -0.15) is 0 Å². The maximum absolute atomic E-state index is 12.9. The van der Waals surface area contributed by atoms with Gasteiger partial charge in [-0.3, -0.25) is 4.79 Å². The topological polar surface area (TPSA) is 95.9 Å². The normalized spacial score (nSPS) is 20.9. The fraction of sp³-hybridized carbons (Fsp3) is 0.464. The second-order valence-corrected chi connectivity index (χ2v) is 10.8. The lowest BCUT2D eigenvalue weighted by Crippen LogP contribution is -2.67. The summed E-state index contributed by atoms with van der Waals surface area (Å²) in [5, 5.41) is 12.4. The number of ether oxygens (including phenoxy) is 1. The van der Waals surface area contributed by atoms with Crippen LogP contribution in [-0.4, -0.2) is 53.7 Å². The van der Waals surface area contributed by atoms with E-state index in [-0.39, 0.29) is 30.8 Å². The Balaban J connectivity index is 1.16. The Morgan fingerprint density at radius 1 is 1.06 bits per heavy atom. The van der Waals surface area contributed by atoms with Crippen LogP contribution in [0.3, 0.4) is 0 Å². The molecule has 184 valence electrons. The van der Waals surface area contributed by atoms with Crippen molar-refractivity contribution >= 4 is 18.0 Å². The van der Waals surface area contributed by atoms with Crippen LogP contribution in [0.4, 0.5) is 4.79 Å². The highest BCUT2D eigenvalue weighted by molar-refractivity contribution is 5.86. The Morgan fingerprint density at radius 3 is 2.20 bits per heavy atom. The molecular weight excluding hydrogens is 444 g/mol. The molecule has 0 radical (unpaired) electrons. The van der Waals surface area contributed by atoms with Crippen LogP contribution in [0, 0.1) is 17.3 Å². The summed E-state index contributed by atoms with van der Waals surface area (Å²) in [5.41, 5.74) is 4.26. The van der Waals surface area contributed by atoms with Gasteiger partial charge in [-0.1, -0.05) is 62.4 Å². The molecule has 2 amide bonds. The van der Waals surface area contributed by atoms with E-state index in [0.717, 1.165) is 24.0 Å². The number of hydrogen-bond donors (Lipinski definition) is 2. The molecule has 3 aliphatic rings.